The van der Waals surface area contributed by atoms with Gasteiger partial charge in [0.1, 0.15) is 0 Å². The van der Waals surface area contributed by atoms with Crippen LogP contribution in [0.1, 0.15) is 23.6 Å². The van der Waals surface area contributed by atoms with Crippen LogP contribution in [-0.2, 0) is 0 Å². The van der Waals surface area contributed by atoms with E-state index in [9.17, 15) is 0 Å². The van der Waals surface area contributed by atoms with E-state index in [2.05, 4.69) is 22.9 Å². The summed E-state index contributed by atoms with van der Waals surface area (Å²) in [6, 6.07) is 2.59. The van der Waals surface area contributed by atoms with Crippen LogP contribution in [0.4, 0.5) is 0 Å². The molecule has 0 radical (unpaired) electrons. The van der Waals surface area contributed by atoms with Gasteiger partial charge in [-0.3, -0.25) is 4.98 Å². The second-order valence-corrected chi connectivity index (χ2v) is 3.00. The first-order valence-electron chi connectivity index (χ1n) is 4.21. The van der Waals surface area contributed by atoms with Crippen molar-refractivity contribution < 1.29 is 0 Å². The Bertz CT molecular complexity index is 290. The molecule has 1 aliphatic heterocycles. The molecule has 1 unspecified atom stereocenters. The Morgan fingerprint density at radius 3 is 3.08 bits per heavy atom. The van der Waals surface area contributed by atoms with E-state index in [0.29, 0.717) is 6.04 Å². The Balaban J connectivity index is 2.33. The normalized spacial score (nSPS) is 21.5. The predicted molar refractivity (Wildman–Crippen MR) is 49.7 cm³/mol. The summed E-state index contributed by atoms with van der Waals surface area (Å²) >= 11 is 0. The van der Waals surface area contributed by atoms with Crippen molar-refractivity contribution in [3.8, 4) is 0 Å². The fourth-order valence-electron chi connectivity index (χ4n) is 1.46. The summed E-state index contributed by atoms with van der Waals surface area (Å²) in [5, 5.41) is 3.36. The molecule has 0 amide bonds. The average molecular weight is 160 g/mol. The average Bonchev–Trinajstić information content (AvgIpc) is 2.02. The van der Waals surface area contributed by atoms with E-state index in [-0.39, 0.29) is 0 Å². The molecule has 0 spiro atoms. The quantitative estimate of drug-likeness (QED) is 0.713. The van der Waals surface area contributed by atoms with Crippen molar-refractivity contribution in [2.24, 2.45) is 0 Å². The fourth-order valence-corrected chi connectivity index (χ4v) is 1.46. The van der Waals surface area contributed by atoms with Crippen molar-refractivity contribution >= 4 is 6.08 Å². The summed E-state index contributed by atoms with van der Waals surface area (Å²) in [5.74, 6) is 0. The molecule has 2 rings (SSSR count). The van der Waals surface area contributed by atoms with Gasteiger partial charge >= 0.3 is 0 Å². The standard InChI is InChI=1S/C10H12N2/c1-2-8-7-11-5-3-9(8)10-4-6-12-10/h2-3,5,7,10,12H,1,4,6H2. The van der Waals surface area contributed by atoms with Crippen molar-refractivity contribution in [1.29, 1.82) is 0 Å². The maximum absolute atomic E-state index is 4.06. The van der Waals surface area contributed by atoms with E-state index in [1.54, 1.807) is 0 Å². The second-order valence-electron chi connectivity index (χ2n) is 3.00. The van der Waals surface area contributed by atoms with E-state index < -0.39 is 0 Å². The SMILES string of the molecule is C=Cc1cnccc1C1CCN1. The van der Waals surface area contributed by atoms with Crippen molar-refractivity contribution in [2.75, 3.05) is 6.54 Å². The van der Waals surface area contributed by atoms with Gasteiger partial charge < -0.3 is 5.32 Å². The van der Waals surface area contributed by atoms with Gasteiger partial charge in [0.25, 0.3) is 0 Å². The summed E-state index contributed by atoms with van der Waals surface area (Å²) < 4.78 is 0. The van der Waals surface area contributed by atoms with Crippen LogP contribution >= 0.6 is 0 Å². The Labute approximate surface area is 72.3 Å². The summed E-state index contributed by atoms with van der Waals surface area (Å²) in [4.78, 5) is 4.06. The Hall–Kier alpha value is -1.15. The third kappa shape index (κ3) is 1.14. The summed E-state index contributed by atoms with van der Waals surface area (Å²) in [7, 11) is 0. The van der Waals surface area contributed by atoms with Gasteiger partial charge in [-0.05, 0) is 30.2 Å². The largest absolute Gasteiger partial charge is 0.310 e. The molecule has 1 aliphatic rings. The van der Waals surface area contributed by atoms with Crippen molar-refractivity contribution in [1.82, 2.24) is 10.3 Å². The van der Waals surface area contributed by atoms with Gasteiger partial charge in [-0.15, -0.1) is 0 Å². The van der Waals surface area contributed by atoms with E-state index in [1.165, 1.54) is 12.0 Å². The van der Waals surface area contributed by atoms with Gasteiger partial charge in [0, 0.05) is 18.4 Å². The van der Waals surface area contributed by atoms with Gasteiger partial charge in [-0.25, -0.2) is 0 Å². The second kappa shape index (κ2) is 3.07. The molecule has 12 heavy (non-hydrogen) atoms. The van der Waals surface area contributed by atoms with Gasteiger partial charge in [-0.1, -0.05) is 12.7 Å². The maximum atomic E-state index is 4.06. The molecule has 62 valence electrons. The molecule has 1 aromatic heterocycles. The van der Waals surface area contributed by atoms with E-state index in [4.69, 9.17) is 0 Å². The van der Waals surface area contributed by atoms with Crippen molar-refractivity contribution in [2.45, 2.75) is 12.5 Å². The summed E-state index contributed by atoms with van der Waals surface area (Å²) in [6.45, 7) is 4.89. The van der Waals surface area contributed by atoms with E-state index in [0.717, 1.165) is 12.1 Å². The highest BCUT2D eigenvalue weighted by molar-refractivity contribution is 5.51. The van der Waals surface area contributed by atoms with Gasteiger partial charge in [0.05, 0.1) is 0 Å². The van der Waals surface area contributed by atoms with Crippen molar-refractivity contribution in [3.63, 3.8) is 0 Å². The predicted octanol–water partition coefficient (Wildman–Crippen LogP) is 1.76. The zero-order valence-corrected chi connectivity index (χ0v) is 6.96. The number of hydrogen-bond acceptors (Lipinski definition) is 2. The molecule has 0 aliphatic carbocycles. The monoisotopic (exact) mass is 160 g/mol. The lowest BCUT2D eigenvalue weighted by Gasteiger charge is -2.29. The minimum atomic E-state index is 0.529. The number of nitrogens with zero attached hydrogens (tertiary/aromatic N) is 1. The molecule has 2 heterocycles. The first kappa shape index (κ1) is 7.50. The first-order chi connectivity index (χ1) is 5.92. The van der Waals surface area contributed by atoms with Crippen LogP contribution in [0.15, 0.2) is 25.0 Å². The molecule has 0 saturated carbocycles. The van der Waals surface area contributed by atoms with Crippen LogP contribution in [0.3, 0.4) is 0 Å². The molecule has 0 aromatic carbocycles. The number of pyridine rings is 1. The highest BCUT2D eigenvalue weighted by atomic mass is 15.0. The summed E-state index contributed by atoms with van der Waals surface area (Å²) in [6.07, 6.45) is 6.79. The molecule has 1 fully saturated rings. The highest BCUT2D eigenvalue weighted by Gasteiger charge is 2.19. The lowest BCUT2D eigenvalue weighted by Crippen LogP contribution is -2.35. The zero-order valence-electron chi connectivity index (χ0n) is 6.96. The van der Waals surface area contributed by atoms with Gasteiger partial charge in [-0.2, -0.15) is 0 Å². The number of hydrogen-bond donors (Lipinski definition) is 1. The van der Waals surface area contributed by atoms with Gasteiger partial charge in [0.2, 0.25) is 0 Å². The van der Waals surface area contributed by atoms with Gasteiger partial charge in [0.15, 0.2) is 0 Å². The van der Waals surface area contributed by atoms with Crippen LogP contribution in [0, 0.1) is 0 Å². The highest BCUT2D eigenvalue weighted by Crippen LogP contribution is 2.25. The molecule has 1 N–H and O–H groups in total. The number of rotatable bonds is 2. The third-order valence-corrected chi connectivity index (χ3v) is 2.31. The smallest absolute Gasteiger partial charge is 0.0343 e. The first-order valence-corrected chi connectivity index (χ1v) is 4.21. The zero-order chi connectivity index (χ0) is 8.39. The lowest BCUT2D eigenvalue weighted by atomic mass is 9.95. The summed E-state index contributed by atoms with van der Waals surface area (Å²) in [5.41, 5.74) is 2.47. The molecule has 0 bridgehead atoms. The molecule has 2 nitrogen and oxygen atoms in total. The minimum Gasteiger partial charge on any atom is -0.310 e. The van der Waals surface area contributed by atoms with E-state index >= 15 is 0 Å². The van der Waals surface area contributed by atoms with Crippen LogP contribution in [0.2, 0.25) is 0 Å². The van der Waals surface area contributed by atoms with Crippen LogP contribution in [-0.4, -0.2) is 11.5 Å². The van der Waals surface area contributed by atoms with Crippen LogP contribution in [0.5, 0.6) is 0 Å². The number of nitrogens with one attached hydrogen (secondary N) is 1. The maximum Gasteiger partial charge on any atom is 0.0343 e. The number of aromatic nitrogens is 1. The van der Waals surface area contributed by atoms with Crippen LogP contribution < -0.4 is 5.32 Å². The molecule has 1 atom stereocenters. The Morgan fingerprint density at radius 2 is 2.50 bits per heavy atom. The topological polar surface area (TPSA) is 24.9 Å². The molecule has 2 heteroatoms. The van der Waals surface area contributed by atoms with E-state index in [1.807, 2.05) is 18.5 Å². The minimum absolute atomic E-state index is 0.529. The molecule has 1 saturated heterocycles. The van der Waals surface area contributed by atoms with Crippen LogP contribution in [0.25, 0.3) is 6.08 Å². The molecule has 1 aromatic rings. The lowest BCUT2D eigenvalue weighted by molar-refractivity contribution is 0.382. The molecular weight excluding hydrogens is 148 g/mol. The fraction of sp³-hybridized carbons (Fsp3) is 0.300. The Kier molecular flexibility index (Phi) is 1.92. The van der Waals surface area contributed by atoms with Crippen molar-refractivity contribution in [3.05, 3.63) is 36.2 Å². The third-order valence-electron chi connectivity index (χ3n) is 2.31. The molecular formula is C10H12N2. The Morgan fingerprint density at radius 1 is 1.67 bits per heavy atom.